The Morgan fingerprint density at radius 1 is 1.05 bits per heavy atom. The van der Waals surface area contributed by atoms with Gasteiger partial charge in [0.2, 0.25) is 0 Å². The van der Waals surface area contributed by atoms with Crippen molar-refractivity contribution in [2.75, 3.05) is 0 Å². The van der Waals surface area contributed by atoms with Crippen LogP contribution >= 0.6 is 0 Å². The van der Waals surface area contributed by atoms with E-state index in [-0.39, 0.29) is 22.1 Å². The molecule has 0 aliphatic heterocycles. The summed E-state index contributed by atoms with van der Waals surface area (Å²) in [4.78, 5) is 11.4. The van der Waals surface area contributed by atoms with Gasteiger partial charge in [0.25, 0.3) is 0 Å². The molecular formula is C17H26O3. The average Bonchev–Trinajstić information content (AvgIpc) is 2.38. The third-order valence-corrected chi connectivity index (χ3v) is 4.62. The lowest BCUT2D eigenvalue weighted by molar-refractivity contribution is 0.0693. The van der Waals surface area contributed by atoms with E-state index >= 15 is 0 Å². The van der Waals surface area contributed by atoms with Gasteiger partial charge in [-0.15, -0.1) is 0 Å². The number of hydrogen-bond donors (Lipinski definition) is 2. The summed E-state index contributed by atoms with van der Waals surface area (Å²) in [5, 5.41) is 19.6. The molecular weight excluding hydrogens is 252 g/mol. The predicted octanol–water partition coefficient (Wildman–Crippen LogP) is 4.47. The predicted molar refractivity (Wildman–Crippen MR) is 81.7 cm³/mol. The van der Waals surface area contributed by atoms with Crippen molar-refractivity contribution in [1.29, 1.82) is 0 Å². The van der Waals surface area contributed by atoms with Crippen LogP contribution in [-0.2, 0) is 10.8 Å². The Morgan fingerprint density at radius 3 is 1.95 bits per heavy atom. The molecule has 1 aromatic rings. The number of carboxylic acid groups (broad SMARTS) is 1. The molecule has 3 heteroatoms. The largest absolute Gasteiger partial charge is 0.507 e. The molecule has 0 amide bonds. The van der Waals surface area contributed by atoms with Crippen LogP contribution in [0.3, 0.4) is 0 Å². The third kappa shape index (κ3) is 2.97. The second kappa shape index (κ2) is 5.47. The first kappa shape index (κ1) is 16.5. The van der Waals surface area contributed by atoms with E-state index in [9.17, 15) is 15.0 Å². The number of rotatable bonds is 5. The Labute approximate surface area is 121 Å². The molecule has 0 radical (unpaired) electrons. The van der Waals surface area contributed by atoms with Crippen molar-refractivity contribution < 1.29 is 15.0 Å². The van der Waals surface area contributed by atoms with E-state index in [1.807, 2.05) is 26.8 Å². The van der Waals surface area contributed by atoms with Gasteiger partial charge in [-0.1, -0.05) is 47.6 Å². The van der Waals surface area contributed by atoms with Gasteiger partial charge in [0.15, 0.2) is 0 Å². The lowest BCUT2D eigenvalue weighted by atomic mass is 9.75. The molecule has 2 N–H and O–H groups in total. The molecule has 0 bridgehead atoms. The highest BCUT2D eigenvalue weighted by Gasteiger charge is 2.29. The monoisotopic (exact) mass is 278 g/mol. The maximum Gasteiger partial charge on any atom is 0.339 e. The first-order chi connectivity index (χ1) is 9.06. The van der Waals surface area contributed by atoms with Gasteiger partial charge >= 0.3 is 5.97 Å². The fourth-order valence-corrected chi connectivity index (χ4v) is 2.10. The summed E-state index contributed by atoms with van der Waals surface area (Å²) >= 11 is 0. The van der Waals surface area contributed by atoms with Crippen molar-refractivity contribution in [3.05, 3.63) is 28.8 Å². The maximum absolute atomic E-state index is 11.4. The summed E-state index contributed by atoms with van der Waals surface area (Å²) in [5.74, 6) is -1.18. The number of carbonyl (C=O) groups is 1. The molecule has 0 aliphatic rings. The number of benzene rings is 1. The van der Waals surface area contributed by atoms with E-state index in [4.69, 9.17) is 0 Å². The zero-order chi connectivity index (χ0) is 15.7. The van der Waals surface area contributed by atoms with Crippen LogP contribution in [0.5, 0.6) is 5.75 Å². The Balaban J connectivity index is 3.64. The normalized spacial score (nSPS) is 12.5. The van der Waals surface area contributed by atoms with E-state index in [2.05, 4.69) is 20.8 Å². The van der Waals surface area contributed by atoms with E-state index in [1.165, 1.54) is 0 Å². The minimum absolute atomic E-state index is 0.000509. The molecule has 20 heavy (non-hydrogen) atoms. The minimum atomic E-state index is -1.08. The lowest BCUT2D eigenvalue weighted by Crippen LogP contribution is -2.21. The van der Waals surface area contributed by atoms with E-state index in [0.29, 0.717) is 0 Å². The van der Waals surface area contributed by atoms with Gasteiger partial charge in [0.1, 0.15) is 11.3 Å². The van der Waals surface area contributed by atoms with Crippen molar-refractivity contribution in [3.63, 3.8) is 0 Å². The molecule has 112 valence electrons. The van der Waals surface area contributed by atoms with Crippen LogP contribution in [0.2, 0.25) is 0 Å². The molecule has 0 spiro atoms. The molecule has 0 atom stereocenters. The number of phenols is 1. The molecule has 0 saturated carbocycles. The molecule has 0 aliphatic carbocycles. The summed E-state index contributed by atoms with van der Waals surface area (Å²) in [6.45, 7) is 12.4. The van der Waals surface area contributed by atoms with Gasteiger partial charge in [-0.25, -0.2) is 4.79 Å². The summed E-state index contributed by atoms with van der Waals surface area (Å²) < 4.78 is 0. The second-order valence-electron chi connectivity index (χ2n) is 6.70. The van der Waals surface area contributed by atoms with Crippen LogP contribution in [0.25, 0.3) is 0 Å². The first-order valence-electron chi connectivity index (χ1n) is 7.18. The number of carboxylic acids is 1. The Kier molecular flexibility index (Phi) is 4.52. The Hall–Kier alpha value is -1.51. The highest BCUT2D eigenvalue weighted by molar-refractivity contribution is 5.91. The third-order valence-electron chi connectivity index (χ3n) is 4.62. The first-order valence-corrected chi connectivity index (χ1v) is 7.18. The summed E-state index contributed by atoms with van der Waals surface area (Å²) in [5.41, 5.74) is 1.31. The van der Waals surface area contributed by atoms with Gasteiger partial charge in [-0.3, -0.25) is 0 Å². The molecule has 0 unspecified atom stereocenters. The lowest BCUT2D eigenvalue weighted by Gasteiger charge is -2.30. The van der Waals surface area contributed by atoms with E-state index in [0.717, 1.165) is 24.0 Å². The Morgan fingerprint density at radius 2 is 1.55 bits per heavy atom. The second-order valence-corrected chi connectivity index (χ2v) is 6.70. The van der Waals surface area contributed by atoms with Crippen molar-refractivity contribution >= 4 is 5.97 Å². The molecule has 0 heterocycles. The topological polar surface area (TPSA) is 57.5 Å². The van der Waals surface area contributed by atoms with Gasteiger partial charge in [0, 0.05) is 5.56 Å². The molecule has 0 aromatic heterocycles. The molecule has 1 rings (SSSR count). The van der Waals surface area contributed by atoms with Crippen molar-refractivity contribution in [1.82, 2.24) is 0 Å². The zero-order valence-corrected chi connectivity index (χ0v) is 13.4. The van der Waals surface area contributed by atoms with Crippen LogP contribution in [0.15, 0.2) is 12.1 Å². The highest BCUT2D eigenvalue weighted by Crippen LogP contribution is 2.40. The van der Waals surface area contributed by atoms with Crippen LogP contribution in [0.1, 0.15) is 75.9 Å². The quantitative estimate of drug-likeness (QED) is 0.835. The number of aromatic carboxylic acids is 1. The standard InChI is InChI=1S/C17H26O3/c1-7-16(3,4)11-9-12(15(19)20)14(18)13(10-11)17(5,6)8-2/h9-10,18H,7-8H2,1-6H3,(H,19,20). The van der Waals surface area contributed by atoms with Crippen LogP contribution in [-0.4, -0.2) is 16.2 Å². The fourth-order valence-electron chi connectivity index (χ4n) is 2.10. The SMILES string of the molecule is CCC(C)(C)c1cc(C(=O)O)c(O)c(C(C)(C)CC)c1. The highest BCUT2D eigenvalue weighted by atomic mass is 16.4. The van der Waals surface area contributed by atoms with Crippen LogP contribution < -0.4 is 0 Å². The van der Waals surface area contributed by atoms with Gasteiger partial charge < -0.3 is 10.2 Å². The smallest absolute Gasteiger partial charge is 0.339 e. The molecule has 0 saturated heterocycles. The number of aromatic hydroxyl groups is 1. The van der Waals surface area contributed by atoms with Crippen LogP contribution in [0, 0.1) is 0 Å². The van der Waals surface area contributed by atoms with E-state index in [1.54, 1.807) is 6.07 Å². The molecule has 1 aromatic carbocycles. The van der Waals surface area contributed by atoms with Gasteiger partial charge in [0.05, 0.1) is 0 Å². The van der Waals surface area contributed by atoms with E-state index < -0.39 is 5.97 Å². The molecule has 3 nitrogen and oxygen atoms in total. The van der Waals surface area contributed by atoms with Crippen molar-refractivity contribution in [2.45, 2.75) is 65.2 Å². The summed E-state index contributed by atoms with van der Waals surface area (Å²) in [7, 11) is 0. The zero-order valence-electron chi connectivity index (χ0n) is 13.4. The number of hydrogen-bond acceptors (Lipinski definition) is 2. The average molecular weight is 278 g/mol. The molecule has 0 fully saturated rings. The Bertz CT molecular complexity index is 513. The van der Waals surface area contributed by atoms with Crippen LogP contribution in [0.4, 0.5) is 0 Å². The van der Waals surface area contributed by atoms with Crippen molar-refractivity contribution in [3.8, 4) is 5.75 Å². The van der Waals surface area contributed by atoms with Gasteiger partial charge in [-0.2, -0.15) is 0 Å². The summed E-state index contributed by atoms with van der Waals surface area (Å²) in [6, 6.07) is 3.57. The van der Waals surface area contributed by atoms with Crippen molar-refractivity contribution in [2.24, 2.45) is 0 Å². The minimum Gasteiger partial charge on any atom is -0.507 e. The summed E-state index contributed by atoms with van der Waals surface area (Å²) in [6.07, 6.45) is 1.73. The van der Waals surface area contributed by atoms with Gasteiger partial charge in [-0.05, 0) is 35.3 Å². The fraction of sp³-hybridized carbons (Fsp3) is 0.588. The maximum atomic E-state index is 11.4.